The monoisotopic (exact) mass is 265 g/mol. The Labute approximate surface area is 112 Å². The van der Waals surface area contributed by atoms with Crippen LogP contribution in [0.5, 0.6) is 0 Å². The quantitative estimate of drug-likeness (QED) is 0.753. The number of anilines is 1. The van der Waals surface area contributed by atoms with Gasteiger partial charge >= 0.3 is 5.97 Å². The lowest BCUT2D eigenvalue weighted by atomic mass is 9.87. The van der Waals surface area contributed by atoms with Gasteiger partial charge < -0.3 is 16.2 Å². The maximum atomic E-state index is 11.9. The average molecular weight is 265 g/mol. The molecule has 0 fully saturated rings. The van der Waals surface area contributed by atoms with Gasteiger partial charge in [0.2, 0.25) is 5.91 Å². The summed E-state index contributed by atoms with van der Waals surface area (Å²) in [4.78, 5) is 26.3. The third kappa shape index (κ3) is 4.67. The third-order valence-corrected chi connectivity index (χ3v) is 2.64. The molecule has 1 aromatic heterocycles. The molecule has 104 valence electrons. The van der Waals surface area contributed by atoms with Crippen LogP contribution in [-0.4, -0.2) is 28.0 Å². The Morgan fingerprint density at radius 3 is 2.47 bits per heavy atom. The predicted octanol–water partition coefficient (Wildman–Crippen LogP) is 1.02. The SMILES string of the molecule is CC(C)(C)C(N)C(=O)Nc1ccc(CC(=O)O)nc1. The van der Waals surface area contributed by atoms with Crippen LogP contribution in [0.1, 0.15) is 26.5 Å². The van der Waals surface area contributed by atoms with Crippen LogP contribution < -0.4 is 11.1 Å². The van der Waals surface area contributed by atoms with Crippen LogP contribution in [0.3, 0.4) is 0 Å². The number of hydrogen-bond acceptors (Lipinski definition) is 4. The van der Waals surface area contributed by atoms with Crippen LogP contribution in [0, 0.1) is 5.41 Å². The van der Waals surface area contributed by atoms with Crippen molar-refractivity contribution in [1.29, 1.82) is 0 Å². The predicted molar refractivity (Wildman–Crippen MR) is 71.6 cm³/mol. The van der Waals surface area contributed by atoms with Crippen molar-refractivity contribution in [3.05, 3.63) is 24.0 Å². The van der Waals surface area contributed by atoms with Crippen molar-refractivity contribution >= 4 is 17.6 Å². The molecule has 19 heavy (non-hydrogen) atoms. The Kier molecular flexibility index (Phi) is 4.61. The van der Waals surface area contributed by atoms with E-state index in [9.17, 15) is 9.59 Å². The van der Waals surface area contributed by atoms with Gasteiger partial charge in [-0.3, -0.25) is 14.6 Å². The molecular formula is C13H19N3O3. The molecule has 4 N–H and O–H groups in total. The molecule has 0 spiro atoms. The second-order valence-corrected chi connectivity index (χ2v) is 5.44. The van der Waals surface area contributed by atoms with Gasteiger partial charge in [0.1, 0.15) is 0 Å². The fourth-order valence-electron chi connectivity index (χ4n) is 1.37. The fourth-order valence-corrected chi connectivity index (χ4v) is 1.37. The number of aromatic nitrogens is 1. The van der Waals surface area contributed by atoms with Crippen molar-refractivity contribution in [1.82, 2.24) is 4.98 Å². The van der Waals surface area contributed by atoms with Gasteiger partial charge in [-0.1, -0.05) is 20.8 Å². The number of carboxylic acid groups (broad SMARTS) is 1. The van der Waals surface area contributed by atoms with Crippen molar-refractivity contribution < 1.29 is 14.7 Å². The van der Waals surface area contributed by atoms with Gasteiger partial charge in [0.05, 0.1) is 30.0 Å². The second kappa shape index (κ2) is 5.79. The average Bonchev–Trinajstić information content (AvgIpc) is 2.28. The van der Waals surface area contributed by atoms with Gasteiger partial charge in [-0.05, 0) is 17.5 Å². The van der Waals surface area contributed by atoms with Gasteiger partial charge in [0.15, 0.2) is 0 Å². The lowest BCUT2D eigenvalue weighted by Crippen LogP contribution is -2.45. The van der Waals surface area contributed by atoms with E-state index in [1.165, 1.54) is 6.20 Å². The second-order valence-electron chi connectivity index (χ2n) is 5.44. The van der Waals surface area contributed by atoms with E-state index in [0.29, 0.717) is 11.4 Å². The standard InChI is InChI=1S/C13H19N3O3/c1-13(2,3)11(14)12(19)16-9-5-4-8(15-7-9)6-10(17)18/h4-5,7,11H,6,14H2,1-3H3,(H,16,19)(H,17,18). The summed E-state index contributed by atoms with van der Waals surface area (Å²) in [5.41, 5.74) is 6.43. The molecular weight excluding hydrogens is 246 g/mol. The van der Waals surface area contributed by atoms with Crippen LogP contribution in [0.2, 0.25) is 0 Å². The lowest BCUT2D eigenvalue weighted by molar-refractivity contribution is -0.136. The van der Waals surface area contributed by atoms with Crippen molar-refractivity contribution in [2.75, 3.05) is 5.32 Å². The Balaban J connectivity index is 2.68. The smallest absolute Gasteiger partial charge is 0.309 e. The number of nitrogens with two attached hydrogens (primary N) is 1. The Morgan fingerprint density at radius 1 is 1.42 bits per heavy atom. The van der Waals surface area contributed by atoms with Crippen molar-refractivity contribution in [2.45, 2.75) is 33.2 Å². The van der Waals surface area contributed by atoms with Gasteiger partial charge in [-0.2, -0.15) is 0 Å². The van der Waals surface area contributed by atoms with Gasteiger partial charge in [-0.25, -0.2) is 0 Å². The van der Waals surface area contributed by atoms with E-state index < -0.39 is 12.0 Å². The zero-order valence-corrected chi connectivity index (χ0v) is 11.3. The first kappa shape index (κ1) is 15.1. The molecule has 0 saturated carbocycles. The summed E-state index contributed by atoms with van der Waals surface area (Å²) in [5.74, 6) is -1.24. The maximum Gasteiger partial charge on any atom is 0.309 e. The number of rotatable bonds is 4. The normalized spacial score (nSPS) is 12.8. The Morgan fingerprint density at radius 2 is 2.05 bits per heavy atom. The van der Waals surface area contributed by atoms with Crippen molar-refractivity contribution in [3.63, 3.8) is 0 Å². The number of carbonyl (C=O) groups excluding carboxylic acids is 1. The van der Waals surface area contributed by atoms with E-state index in [0.717, 1.165) is 0 Å². The summed E-state index contributed by atoms with van der Waals surface area (Å²) in [6.07, 6.45) is 1.28. The summed E-state index contributed by atoms with van der Waals surface area (Å²) >= 11 is 0. The third-order valence-electron chi connectivity index (χ3n) is 2.64. The first-order valence-corrected chi connectivity index (χ1v) is 5.93. The molecule has 0 aliphatic rings. The van der Waals surface area contributed by atoms with Gasteiger partial charge in [0.25, 0.3) is 0 Å². The van der Waals surface area contributed by atoms with Crippen LogP contribution >= 0.6 is 0 Å². The van der Waals surface area contributed by atoms with E-state index in [4.69, 9.17) is 10.8 Å². The van der Waals surface area contributed by atoms with Crippen molar-refractivity contribution in [2.24, 2.45) is 11.1 Å². The highest BCUT2D eigenvalue weighted by atomic mass is 16.4. The minimum atomic E-state index is -0.945. The molecule has 1 heterocycles. The van der Waals surface area contributed by atoms with E-state index >= 15 is 0 Å². The first-order chi connectivity index (χ1) is 8.70. The molecule has 1 atom stereocenters. The molecule has 6 heteroatoms. The molecule has 0 bridgehead atoms. The number of nitrogens with one attached hydrogen (secondary N) is 1. The van der Waals surface area contributed by atoms with E-state index in [-0.39, 0.29) is 17.7 Å². The molecule has 0 aliphatic carbocycles. The number of carbonyl (C=O) groups is 2. The number of amides is 1. The van der Waals surface area contributed by atoms with Crippen LogP contribution in [0.4, 0.5) is 5.69 Å². The molecule has 1 unspecified atom stereocenters. The van der Waals surface area contributed by atoms with Crippen LogP contribution in [0.15, 0.2) is 18.3 Å². The van der Waals surface area contributed by atoms with Gasteiger partial charge in [-0.15, -0.1) is 0 Å². The largest absolute Gasteiger partial charge is 0.481 e. The zero-order chi connectivity index (χ0) is 14.6. The Hall–Kier alpha value is -1.95. The molecule has 0 radical (unpaired) electrons. The number of carboxylic acids is 1. The molecule has 0 aromatic carbocycles. The molecule has 1 rings (SSSR count). The number of aliphatic carboxylic acids is 1. The van der Waals surface area contributed by atoms with E-state index in [1.54, 1.807) is 12.1 Å². The van der Waals surface area contributed by atoms with Gasteiger partial charge in [0, 0.05) is 0 Å². The molecule has 1 aromatic rings. The number of pyridine rings is 1. The molecule has 0 saturated heterocycles. The summed E-state index contributed by atoms with van der Waals surface area (Å²) in [6.45, 7) is 5.64. The fraction of sp³-hybridized carbons (Fsp3) is 0.462. The van der Waals surface area contributed by atoms with Crippen LogP contribution in [0.25, 0.3) is 0 Å². The summed E-state index contributed by atoms with van der Waals surface area (Å²) in [5, 5.41) is 11.3. The Bertz CT molecular complexity index is 463. The summed E-state index contributed by atoms with van der Waals surface area (Å²) in [7, 11) is 0. The van der Waals surface area contributed by atoms with Crippen LogP contribution in [-0.2, 0) is 16.0 Å². The zero-order valence-electron chi connectivity index (χ0n) is 11.3. The summed E-state index contributed by atoms with van der Waals surface area (Å²) < 4.78 is 0. The number of nitrogens with zero attached hydrogens (tertiary/aromatic N) is 1. The molecule has 6 nitrogen and oxygen atoms in total. The maximum absolute atomic E-state index is 11.9. The minimum Gasteiger partial charge on any atom is -0.481 e. The molecule has 1 amide bonds. The molecule has 0 aliphatic heterocycles. The topological polar surface area (TPSA) is 105 Å². The van der Waals surface area contributed by atoms with E-state index in [1.807, 2.05) is 20.8 Å². The first-order valence-electron chi connectivity index (χ1n) is 5.93. The highest BCUT2D eigenvalue weighted by Crippen LogP contribution is 2.18. The summed E-state index contributed by atoms with van der Waals surface area (Å²) in [6, 6.07) is 2.54. The van der Waals surface area contributed by atoms with E-state index in [2.05, 4.69) is 10.3 Å². The minimum absolute atomic E-state index is 0.143. The number of hydrogen-bond donors (Lipinski definition) is 3. The highest BCUT2D eigenvalue weighted by Gasteiger charge is 2.27. The lowest BCUT2D eigenvalue weighted by Gasteiger charge is -2.25. The van der Waals surface area contributed by atoms with Crippen molar-refractivity contribution in [3.8, 4) is 0 Å². The highest BCUT2D eigenvalue weighted by molar-refractivity contribution is 5.95.